The maximum Gasteiger partial charge on any atom is 1.00 e. The fraction of sp³-hybridized carbons (Fsp3) is 0.600. The van der Waals surface area contributed by atoms with E-state index in [1.807, 2.05) is 0 Å². The van der Waals surface area contributed by atoms with Gasteiger partial charge in [0.15, 0.2) is 0 Å². The summed E-state index contributed by atoms with van der Waals surface area (Å²) in [7, 11) is 0. The van der Waals surface area contributed by atoms with Crippen LogP contribution in [-0.2, 0) is 0 Å². The fourth-order valence-corrected chi connectivity index (χ4v) is 4.66. The molecule has 0 unspecified atom stereocenters. The second kappa shape index (κ2) is 12.1. The van der Waals surface area contributed by atoms with E-state index in [2.05, 4.69) is 133 Å². The van der Waals surface area contributed by atoms with Crippen molar-refractivity contribution in [2.24, 2.45) is 20.8 Å². The summed E-state index contributed by atoms with van der Waals surface area (Å²) < 4.78 is 0. The Bertz CT molecular complexity index is 982. The average Bonchev–Trinajstić information content (AvgIpc) is 2.75. The van der Waals surface area contributed by atoms with Gasteiger partial charge in [-0.3, -0.25) is 9.98 Å². The Balaban J connectivity index is 0.00000722. The molecular weight excluding hydrogens is 448 g/mol. The van der Waals surface area contributed by atoms with Gasteiger partial charge < -0.3 is 0 Å². The van der Waals surface area contributed by atoms with Crippen molar-refractivity contribution in [3.8, 4) is 0 Å². The van der Waals surface area contributed by atoms with E-state index >= 15 is 0 Å². The van der Waals surface area contributed by atoms with Gasteiger partial charge in [-0.1, -0.05) is 133 Å². The van der Waals surface area contributed by atoms with Crippen molar-refractivity contribution >= 4 is 22.8 Å². The molecule has 0 radical (unpaired) electrons. The van der Waals surface area contributed by atoms with Crippen LogP contribution in [0, 0.1) is 10.8 Å². The zero-order valence-electron chi connectivity index (χ0n) is 28.4. The van der Waals surface area contributed by atoms with Crippen LogP contribution in [0.25, 0.3) is 0 Å². The standard InChI is InChI=1S/C35H54N2/c1-22(2)26-17-15-18-27(23(3)4)32(26)36-30(34(9,10)11)21-31(35(12,13)14)37-33-28(24(5)6)19-16-20-29(33)25(7)8/h15-20,22-25H,21H2,1-14H3/p+2. The minimum absolute atomic E-state index is 0. The molecule has 37 heavy (non-hydrogen) atoms. The van der Waals surface area contributed by atoms with Crippen LogP contribution >= 0.6 is 0 Å². The summed E-state index contributed by atoms with van der Waals surface area (Å²) in [6.07, 6.45) is 0.765. The van der Waals surface area contributed by atoms with Gasteiger partial charge in [0.2, 0.25) is 0 Å². The lowest BCUT2D eigenvalue weighted by molar-refractivity contribution is 0.564. The molecule has 2 aromatic rings. The normalized spacial score (nSPS) is 14.0. The van der Waals surface area contributed by atoms with Crippen LogP contribution in [0.5, 0.6) is 0 Å². The highest BCUT2D eigenvalue weighted by atomic mass is 14.8. The van der Waals surface area contributed by atoms with Gasteiger partial charge in [-0.05, 0) is 45.9 Å². The van der Waals surface area contributed by atoms with Gasteiger partial charge in [0.25, 0.3) is 0 Å². The molecule has 204 valence electrons. The SMILES string of the molecule is CC(C)c1cccc(C(C)C)c1N=C(CC(=Nc1c(C(C)C)cccc1C(C)C)C(C)(C)C)C(C)(C)C.[H+].[H+]. The molecule has 0 bridgehead atoms. The third-order valence-electron chi connectivity index (χ3n) is 7.24. The first-order chi connectivity index (χ1) is 16.9. The van der Waals surface area contributed by atoms with Crippen molar-refractivity contribution in [2.45, 2.75) is 127 Å². The largest absolute Gasteiger partial charge is 1.00 e. The summed E-state index contributed by atoms with van der Waals surface area (Å²) in [6, 6.07) is 13.4. The predicted molar refractivity (Wildman–Crippen MR) is 169 cm³/mol. The molecule has 0 aromatic heterocycles. The number of benzene rings is 2. The second-order valence-corrected chi connectivity index (χ2v) is 14.0. The van der Waals surface area contributed by atoms with Gasteiger partial charge in [0.05, 0.1) is 11.4 Å². The Morgan fingerprint density at radius 1 is 0.541 bits per heavy atom. The molecule has 0 aliphatic heterocycles. The molecule has 0 saturated carbocycles. The molecule has 2 aromatic carbocycles. The first-order valence-corrected chi connectivity index (χ1v) is 14.4. The number of para-hydroxylation sites is 2. The van der Waals surface area contributed by atoms with E-state index in [-0.39, 0.29) is 13.7 Å². The van der Waals surface area contributed by atoms with Gasteiger partial charge >= 0.3 is 2.85 Å². The summed E-state index contributed by atoms with van der Waals surface area (Å²) in [5.41, 5.74) is 9.87. The lowest BCUT2D eigenvalue weighted by atomic mass is 9.80. The molecule has 0 spiro atoms. The van der Waals surface area contributed by atoms with Gasteiger partial charge in [0.1, 0.15) is 0 Å². The number of aliphatic imine (C=N–C) groups is 2. The lowest BCUT2D eigenvalue weighted by Gasteiger charge is -2.29. The molecule has 2 rings (SSSR count). The Kier molecular flexibility index (Phi) is 10.1. The van der Waals surface area contributed by atoms with Crippen molar-refractivity contribution in [2.75, 3.05) is 0 Å². The van der Waals surface area contributed by atoms with E-state index in [1.54, 1.807) is 0 Å². The monoisotopic (exact) mass is 504 g/mol. The summed E-state index contributed by atoms with van der Waals surface area (Å²) >= 11 is 0. The molecule has 0 N–H and O–H groups in total. The second-order valence-electron chi connectivity index (χ2n) is 14.0. The average molecular weight is 505 g/mol. The summed E-state index contributed by atoms with van der Waals surface area (Å²) in [5.74, 6) is 1.67. The third kappa shape index (κ3) is 7.88. The van der Waals surface area contributed by atoms with Gasteiger partial charge in [-0.2, -0.15) is 0 Å². The van der Waals surface area contributed by atoms with Crippen molar-refractivity contribution in [3.05, 3.63) is 58.7 Å². The molecule has 0 amide bonds. The van der Waals surface area contributed by atoms with Crippen LogP contribution < -0.4 is 0 Å². The van der Waals surface area contributed by atoms with Crippen LogP contribution in [0.2, 0.25) is 0 Å². The Hall–Kier alpha value is -2.22. The highest BCUT2D eigenvalue weighted by Gasteiger charge is 2.28. The van der Waals surface area contributed by atoms with E-state index in [1.165, 1.54) is 33.7 Å². The number of rotatable bonds is 8. The number of nitrogens with zero attached hydrogens (tertiary/aromatic N) is 2. The van der Waals surface area contributed by atoms with Crippen LogP contribution in [0.4, 0.5) is 11.4 Å². The smallest absolute Gasteiger partial charge is 0.256 e. The van der Waals surface area contributed by atoms with E-state index < -0.39 is 0 Å². The quantitative estimate of drug-likeness (QED) is 0.319. The summed E-state index contributed by atoms with van der Waals surface area (Å²) in [5, 5.41) is 0. The highest BCUT2D eigenvalue weighted by Crippen LogP contribution is 2.39. The topological polar surface area (TPSA) is 24.7 Å². The minimum Gasteiger partial charge on any atom is -0.256 e. The number of hydrogen-bond acceptors (Lipinski definition) is 2. The van der Waals surface area contributed by atoms with E-state index in [4.69, 9.17) is 9.98 Å². The molecule has 2 nitrogen and oxygen atoms in total. The zero-order chi connectivity index (χ0) is 28.3. The van der Waals surface area contributed by atoms with E-state index in [9.17, 15) is 0 Å². The van der Waals surface area contributed by atoms with Crippen molar-refractivity contribution in [1.82, 2.24) is 0 Å². The minimum atomic E-state index is -0.0806. The van der Waals surface area contributed by atoms with Crippen LogP contribution in [-0.4, -0.2) is 11.4 Å². The molecule has 0 aliphatic carbocycles. The molecular formula is C35H56N2+2. The van der Waals surface area contributed by atoms with Gasteiger partial charge in [-0.15, -0.1) is 0 Å². The molecule has 0 heterocycles. The van der Waals surface area contributed by atoms with Crippen molar-refractivity contribution in [1.29, 1.82) is 0 Å². The molecule has 0 aliphatic rings. The first kappa shape index (κ1) is 31.0. The Morgan fingerprint density at radius 3 is 0.973 bits per heavy atom. The van der Waals surface area contributed by atoms with Crippen molar-refractivity contribution in [3.63, 3.8) is 0 Å². The van der Waals surface area contributed by atoms with Crippen molar-refractivity contribution < 1.29 is 2.85 Å². The van der Waals surface area contributed by atoms with Crippen LogP contribution in [0.1, 0.15) is 152 Å². The maximum atomic E-state index is 5.52. The van der Waals surface area contributed by atoms with Gasteiger partial charge in [-0.25, -0.2) is 0 Å². The Morgan fingerprint density at radius 2 is 0.784 bits per heavy atom. The summed E-state index contributed by atoms with van der Waals surface area (Å²) in [4.78, 5) is 11.0. The van der Waals surface area contributed by atoms with Crippen LogP contribution in [0.15, 0.2) is 46.4 Å². The third-order valence-corrected chi connectivity index (χ3v) is 7.24. The number of hydrogen-bond donors (Lipinski definition) is 0. The molecule has 0 fully saturated rings. The predicted octanol–water partition coefficient (Wildman–Crippen LogP) is 11.7. The lowest BCUT2D eigenvalue weighted by Crippen LogP contribution is -2.29. The van der Waals surface area contributed by atoms with Crippen LogP contribution in [0.3, 0.4) is 0 Å². The van der Waals surface area contributed by atoms with Gasteiger partial charge in [0, 0.05) is 28.7 Å². The highest BCUT2D eigenvalue weighted by molar-refractivity contribution is 6.10. The molecule has 0 atom stereocenters. The Labute approximate surface area is 232 Å². The molecule has 2 heteroatoms. The fourth-order valence-electron chi connectivity index (χ4n) is 4.66. The first-order valence-electron chi connectivity index (χ1n) is 14.4. The zero-order valence-corrected chi connectivity index (χ0v) is 26.4. The molecule has 0 saturated heterocycles. The van der Waals surface area contributed by atoms with E-state index in [0.717, 1.165) is 17.8 Å². The summed E-state index contributed by atoms with van der Waals surface area (Å²) in [6.45, 7) is 31.9. The van der Waals surface area contributed by atoms with E-state index in [0.29, 0.717) is 23.7 Å². The maximum absolute atomic E-state index is 5.52.